The molecule has 0 aliphatic carbocycles. The average molecular weight is 285 g/mol. The molecule has 0 atom stereocenters. The Bertz CT molecular complexity index is 694. The van der Waals surface area contributed by atoms with E-state index in [4.69, 9.17) is 5.73 Å². The summed E-state index contributed by atoms with van der Waals surface area (Å²) in [7, 11) is 0. The number of hydrogen-bond donors (Lipinski definition) is 3. The molecule has 0 spiro atoms. The summed E-state index contributed by atoms with van der Waals surface area (Å²) >= 11 is 0. The smallest absolute Gasteiger partial charge is 0.273 e. The van der Waals surface area contributed by atoms with Crippen molar-refractivity contribution in [3.63, 3.8) is 0 Å². The van der Waals surface area contributed by atoms with E-state index in [9.17, 15) is 9.59 Å². The van der Waals surface area contributed by atoms with Crippen molar-refractivity contribution in [1.29, 1.82) is 0 Å². The second-order valence-electron chi connectivity index (χ2n) is 4.86. The fraction of sp³-hybridized carbons (Fsp3) is 0.214. The number of nitrogens with two attached hydrogens (primary N) is 1. The molecule has 1 aliphatic heterocycles. The van der Waals surface area contributed by atoms with Gasteiger partial charge in [-0.3, -0.25) is 14.7 Å². The summed E-state index contributed by atoms with van der Waals surface area (Å²) in [6.07, 6.45) is 1.44. The normalized spacial score (nSPS) is 14.5. The zero-order valence-corrected chi connectivity index (χ0v) is 11.3. The van der Waals surface area contributed by atoms with Crippen LogP contribution in [0.1, 0.15) is 23.3 Å². The van der Waals surface area contributed by atoms with Crippen LogP contribution in [-0.2, 0) is 4.79 Å². The second-order valence-corrected chi connectivity index (χ2v) is 4.86. The number of nitrogens with one attached hydrogen (secondary N) is 2. The number of benzene rings is 1. The van der Waals surface area contributed by atoms with E-state index in [0.29, 0.717) is 18.7 Å². The number of nitrogens with zero attached hydrogens (tertiary/aromatic N) is 2. The van der Waals surface area contributed by atoms with Crippen LogP contribution in [0.3, 0.4) is 0 Å². The van der Waals surface area contributed by atoms with Gasteiger partial charge in [-0.1, -0.05) is 6.07 Å². The molecule has 0 saturated carbocycles. The van der Waals surface area contributed by atoms with Crippen LogP contribution in [-0.4, -0.2) is 28.6 Å². The van der Waals surface area contributed by atoms with Gasteiger partial charge in [0.05, 0.1) is 0 Å². The van der Waals surface area contributed by atoms with Gasteiger partial charge in [-0.2, -0.15) is 5.10 Å². The zero-order valence-electron chi connectivity index (χ0n) is 11.3. The lowest BCUT2D eigenvalue weighted by Gasteiger charge is -2.16. The van der Waals surface area contributed by atoms with Crippen LogP contribution in [0, 0.1) is 0 Å². The van der Waals surface area contributed by atoms with Crippen molar-refractivity contribution >= 4 is 29.0 Å². The van der Waals surface area contributed by atoms with E-state index in [1.54, 1.807) is 23.1 Å². The van der Waals surface area contributed by atoms with E-state index < -0.39 is 0 Å². The lowest BCUT2D eigenvalue weighted by atomic mass is 10.2. The minimum Gasteiger partial charge on any atom is -0.382 e. The first-order chi connectivity index (χ1) is 10.1. The highest BCUT2D eigenvalue weighted by atomic mass is 16.2. The van der Waals surface area contributed by atoms with Gasteiger partial charge in [0.15, 0.2) is 0 Å². The maximum absolute atomic E-state index is 12.0. The number of aromatic amines is 1. The molecule has 2 amide bonds. The van der Waals surface area contributed by atoms with Crippen molar-refractivity contribution in [3.05, 3.63) is 36.0 Å². The highest BCUT2D eigenvalue weighted by Gasteiger charge is 2.21. The molecule has 7 heteroatoms. The lowest BCUT2D eigenvalue weighted by molar-refractivity contribution is -0.117. The van der Waals surface area contributed by atoms with Gasteiger partial charge in [0.2, 0.25) is 5.91 Å². The van der Waals surface area contributed by atoms with Gasteiger partial charge in [-0.05, 0) is 24.6 Å². The van der Waals surface area contributed by atoms with Crippen LogP contribution in [0.15, 0.2) is 30.3 Å². The van der Waals surface area contributed by atoms with Crippen LogP contribution < -0.4 is 16.0 Å². The predicted molar refractivity (Wildman–Crippen MR) is 79.0 cm³/mol. The van der Waals surface area contributed by atoms with Gasteiger partial charge < -0.3 is 16.0 Å². The molecule has 1 saturated heterocycles. The van der Waals surface area contributed by atoms with Crippen molar-refractivity contribution in [2.45, 2.75) is 12.8 Å². The summed E-state index contributed by atoms with van der Waals surface area (Å²) in [4.78, 5) is 25.5. The second kappa shape index (κ2) is 5.28. The summed E-state index contributed by atoms with van der Waals surface area (Å²) in [6.45, 7) is 0.716. The molecule has 108 valence electrons. The molecule has 1 aromatic heterocycles. The first-order valence-electron chi connectivity index (χ1n) is 6.66. The molecule has 4 N–H and O–H groups in total. The van der Waals surface area contributed by atoms with Crippen LogP contribution in [0.5, 0.6) is 0 Å². The largest absolute Gasteiger partial charge is 0.382 e. The Morgan fingerprint density at radius 2 is 2.24 bits per heavy atom. The molecule has 1 aliphatic rings. The summed E-state index contributed by atoms with van der Waals surface area (Å²) in [6, 6.07) is 8.66. The van der Waals surface area contributed by atoms with E-state index in [-0.39, 0.29) is 23.3 Å². The molecule has 2 heterocycles. The van der Waals surface area contributed by atoms with E-state index in [0.717, 1.165) is 12.1 Å². The van der Waals surface area contributed by atoms with Crippen molar-refractivity contribution in [1.82, 2.24) is 10.2 Å². The third kappa shape index (κ3) is 2.71. The summed E-state index contributed by atoms with van der Waals surface area (Å²) in [5.74, 6) is 0.0421. The third-order valence-corrected chi connectivity index (χ3v) is 3.33. The third-order valence-electron chi connectivity index (χ3n) is 3.33. The van der Waals surface area contributed by atoms with E-state index >= 15 is 0 Å². The molecule has 3 rings (SSSR count). The molecule has 1 fully saturated rings. The molecule has 2 aromatic rings. The number of carbonyl (C=O) groups is 2. The SMILES string of the molecule is Nc1cc(C(=O)Nc2cccc(N3CCCC3=O)c2)[nH]n1. The van der Waals surface area contributed by atoms with Crippen LogP contribution in [0.2, 0.25) is 0 Å². The Labute approximate surface area is 121 Å². The van der Waals surface area contributed by atoms with Crippen LogP contribution >= 0.6 is 0 Å². The predicted octanol–water partition coefficient (Wildman–Crippen LogP) is 1.37. The average Bonchev–Trinajstić information content (AvgIpc) is 3.08. The topological polar surface area (TPSA) is 104 Å². The minimum atomic E-state index is -0.330. The fourth-order valence-electron chi connectivity index (χ4n) is 2.32. The first kappa shape index (κ1) is 13.2. The van der Waals surface area contributed by atoms with Crippen molar-refractivity contribution in [3.8, 4) is 0 Å². The van der Waals surface area contributed by atoms with Gasteiger partial charge in [0.1, 0.15) is 11.5 Å². The zero-order chi connectivity index (χ0) is 14.8. The molecule has 7 nitrogen and oxygen atoms in total. The molecule has 0 radical (unpaired) electrons. The first-order valence-corrected chi connectivity index (χ1v) is 6.66. The highest BCUT2D eigenvalue weighted by Crippen LogP contribution is 2.24. The fourth-order valence-corrected chi connectivity index (χ4v) is 2.32. The maximum atomic E-state index is 12.0. The summed E-state index contributed by atoms with van der Waals surface area (Å²) in [5.41, 5.74) is 7.16. The lowest BCUT2D eigenvalue weighted by Crippen LogP contribution is -2.23. The number of H-pyrrole nitrogens is 1. The monoisotopic (exact) mass is 285 g/mol. The number of aromatic nitrogens is 2. The van der Waals surface area contributed by atoms with Crippen molar-refractivity contribution < 1.29 is 9.59 Å². The summed E-state index contributed by atoms with van der Waals surface area (Å²) < 4.78 is 0. The number of nitrogen functional groups attached to an aromatic ring is 1. The Kier molecular flexibility index (Phi) is 3.31. The van der Waals surface area contributed by atoms with Gasteiger partial charge >= 0.3 is 0 Å². The number of anilines is 3. The van der Waals surface area contributed by atoms with Gasteiger partial charge in [-0.15, -0.1) is 0 Å². The standard InChI is InChI=1S/C14H15N5O2/c15-12-8-11(17-18-12)14(21)16-9-3-1-4-10(7-9)19-6-2-5-13(19)20/h1,3-4,7-8H,2,5-6H2,(H,16,21)(H3,15,17,18). The molecule has 0 bridgehead atoms. The minimum absolute atomic E-state index is 0.111. The van der Waals surface area contributed by atoms with Crippen molar-refractivity contribution in [2.24, 2.45) is 0 Å². The van der Waals surface area contributed by atoms with Gasteiger partial charge in [-0.25, -0.2) is 0 Å². The van der Waals surface area contributed by atoms with E-state index in [2.05, 4.69) is 15.5 Å². The maximum Gasteiger partial charge on any atom is 0.273 e. The van der Waals surface area contributed by atoms with Gasteiger partial charge in [0.25, 0.3) is 5.91 Å². The molecule has 0 unspecified atom stereocenters. The van der Waals surface area contributed by atoms with Crippen LogP contribution in [0.25, 0.3) is 0 Å². The molecule has 1 aromatic carbocycles. The van der Waals surface area contributed by atoms with E-state index in [1.807, 2.05) is 6.07 Å². The Hall–Kier alpha value is -2.83. The Balaban J connectivity index is 1.77. The molecule has 21 heavy (non-hydrogen) atoms. The molecular weight excluding hydrogens is 270 g/mol. The quantitative estimate of drug-likeness (QED) is 0.792. The van der Waals surface area contributed by atoms with Crippen LogP contribution in [0.4, 0.5) is 17.2 Å². The Morgan fingerprint density at radius 1 is 1.38 bits per heavy atom. The van der Waals surface area contributed by atoms with E-state index in [1.165, 1.54) is 6.07 Å². The highest BCUT2D eigenvalue weighted by molar-refractivity contribution is 6.04. The summed E-state index contributed by atoms with van der Waals surface area (Å²) in [5, 5.41) is 9.01. The number of carbonyl (C=O) groups excluding carboxylic acids is 2. The Morgan fingerprint density at radius 3 is 2.90 bits per heavy atom. The number of amides is 2. The number of hydrogen-bond acceptors (Lipinski definition) is 4. The van der Waals surface area contributed by atoms with Gasteiger partial charge in [0, 0.05) is 30.4 Å². The molecular formula is C14H15N5O2. The number of rotatable bonds is 3. The van der Waals surface area contributed by atoms with Crippen molar-refractivity contribution in [2.75, 3.05) is 22.5 Å².